The van der Waals surface area contributed by atoms with Gasteiger partial charge in [0.15, 0.2) is 0 Å². The normalized spacial score (nSPS) is 10.3. The molecule has 0 aliphatic carbocycles. The van der Waals surface area contributed by atoms with Crippen LogP contribution in [0.3, 0.4) is 0 Å². The summed E-state index contributed by atoms with van der Waals surface area (Å²) in [6.45, 7) is 3.15. The Balaban J connectivity index is 0.000000599. The zero-order valence-corrected chi connectivity index (χ0v) is 22.8. The number of nitrogens with zero attached hydrogens (tertiary/aromatic N) is 3. The molecule has 198 valence electrons. The lowest BCUT2D eigenvalue weighted by Crippen LogP contribution is -2.13. The first-order valence-electron chi connectivity index (χ1n) is 12.0. The van der Waals surface area contributed by atoms with E-state index in [1.807, 2.05) is 56.4 Å². The molecule has 0 aliphatic heterocycles. The van der Waals surface area contributed by atoms with E-state index in [9.17, 15) is 9.59 Å². The topological polar surface area (TPSA) is 125 Å². The number of thiophene rings is 1. The summed E-state index contributed by atoms with van der Waals surface area (Å²) in [5.41, 5.74) is 10.7. The van der Waals surface area contributed by atoms with Crippen molar-refractivity contribution in [2.45, 2.75) is 13.5 Å². The molecule has 0 atom stereocenters. The molecule has 0 fully saturated rings. The maximum Gasteiger partial charge on any atom is 0.255 e. The third-order valence-electron chi connectivity index (χ3n) is 5.37. The molecule has 0 saturated heterocycles. The maximum atomic E-state index is 12.5. The number of nitrogens with two attached hydrogens (primary N) is 1. The van der Waals surface area contributed by atoms with Gasteiger partial charge in [-0.25, -0.2) is 9.97 Å². The fourth-order valence-corrected chi connectivity index (χ4v) is 4.34. The molecule has 0 saturated carbocycles. The molecule has 10 heteroatoms. The van der Waals surface area contributed by atoms with E-state index in [4.69, 9.17) is 5.73 Å². The number of nitrogens with one attached hydrogen (secondary N) is 3. The Labute approximate surface area is 227 Å². The van der Waals surface area contributed by atoms with E-state index < -0.39 is 0 Å². The predicted octanol–water partition coefficient (Wildman–Crippen LogP) is 4.75. The van der Waals surface area contributed by atoms with Crippen molar-refractivity contribution in [3.63, 3.8) is 0 Å². The fraction of sp³-hybridized carbons (Fsp3) is 0.214. The lowest BCUT2D eigenvalue weighted by atomic mass is 10.1. The number of aryl methyl sites for hydroxylation is 1. The van der Waals surface area contributed by atoms with Crippen LogP contribution in [0.25, 0.3) is 10.6 Å². The summed E-state index contributed by atoms with van der Waals surface area (Å²) in [6.07, 6.45) is 2.63. The number of benzene rings is 2. The van der Waals surface area contributed by atoms with Gasteiger partial charge in [0.05, 0.1) is 33.5 Å². The van der Waals surface area contributed by atoms with Gasteiger partial charge in [0.25, 0.3) is 5.91 Å². The number of hydrogen-bond acceptors (Lipinski definition) is 9. The summed E-state index contributed by atoms with van der Waals surface area (Å²) < 4.78 is 0. The van der Waals surface area contributed by atoms with Gasteiger partial charge < -0.3 is 31.4 Å². The zero-order chi connectivity index (χ0) is 27.5. The molecule has 0 unspecified atom stereocenters. The van der Waals surface area contributed by atoms with Crippen LogP contribution in [-0.2, 0) is 11.3 Å². The Bertz CT molecular complexity index is 1350. The van der Waals surface area contributed by atoms with Crippen molar-refractivity contribution in [1.29, 1.82) is 0 Å². The highest BCUT2D eigenvalue weighted by atomic mass is 32.1. The number of para-hydroxylation sites is 2. The van der Waals surface area contributed by atoms with Crippen LogP contribution < -0.4 is 21.7 Å². The van der Waals surface area contributed by atoms with Crippen molar-refractivity contribution in [3.8, 4) is 10.6 Å². The van der Waals surface area contributed by atoms with Crippen LogP contribution in [0.5, 0.6) is 0 Å². The number of carbonyl (C=O) groups is 2. The second-order valence-electron chi connectivity index (χ2n) is 8.66. The fourth-order valence-electron chi connectivity index (χ4n) is 3.34. The molecular formula is C28H33N7O2S. The van der Waals surface area contributed by atoms with Crippen LogP contribution >= 0.6 is 11.3 Å². The molecule has 0 radical (unpaired) electrons. The van der Waals surface area contributed by atoms with E-state index >= 15 is 0 Å². The number of rotatable bonds is 9. The standard InChI is InChI=1S/C24H24N6OS.C4H9NO/c1-15-13-21(26-2)32-22(15)20-11-12-27-24(30-20)28-14-16-7-9-17(10-8-16)23(31)29-19-6-4-3-5-18(19)25;1-5(2)3-4-6/h3-13,26H,14,25H2,1-2H3,(H,29,31)(H,27,28,30);4H,3H2,1-2H3. The first-order chi connectivity index (χ1) is 18.3. The largest absolute Gasteiger partial charge is 0.397 e. The first-order valence-corrected chi connectivity index (χ1v) is 12.8. The molecule has 0 spiro atoms. The van der Waals surface area contributed by atoms with Crippen LogP contribution in [0.15, 0.2) is 66.9 Å². The second kappa shape index (κ2) is 13.9. The highest BCUT2D eigenvalue weighted by molar-refractivity contribution is 7.19. The average molecular weight is 532 g/mol. The second-order valence-corrected chi connectivity index (χ2v) is 9.71. The van der Waals surface area contributed by atoms with E-state index in [-0.39, 0.29) is 5.91 Å². The van der Waals surface area contributed by atoms with E-state index in [0.717, 1.165) is 27.4 Å². The quantitative estimate of drug-likeness (QED) is 0.180. The van der Waals surface area contributed by atoms with Crippen LogP contribution in [0.1, 0.15) is 21.5 Å². The van der Waals surface area contributed by atoms with Gasteiger partial charge in [-0.2, -0.15) is 0 Å². The van der Waals surface area contributed by atoms with Crippen molar-refractivity contribution in [2.75, 3.05) is 49.4 Å². The number of aromatic nitrogens is 2. The molecule has 1 amide bonds. The van der Waals surface area contributed by atoms with E-state index in [1.54, 1.807) is 41.8 Å². The van der Waals surface area contributed by atoms with Gasteiger partial charge >= 0.3 is 0 Å². The number of likely N-dealkylation sites (N-methyl/N-ethyl adjacent to an activating group) is 1. The Morgan fingerprint density at radius 1 is 1.11 bits per heavy atom. The summed E-state index contributed by atoms with van der Waals surface area (Å²) >= 11 is 1.67. The highest BCUT2D eigenvalue weighted by Crippen LogP contribution is 2.34. The Kier molecular flexibility index (Phi) is 10.3. The third-order valence-corrected chi connectivity index (χ3v) is 6.64. The Morgan fingerprint density at radius 3 is 2.45 bits per heavy atom. The predicted molar refractivity (Wildman–Crippen MR) is 157 cm³/mol. The number of hydrogen-bond donors (Lipinski definition) is 4. The summed E-state index contributed by atoms with van der Waals surface area (Å²) in [5, 5.41) is 10.4. The van der Waals surface area contributed by atoms with Gasteiger partial charge in [0.1, 0.15) is 6.29 Å². The summed E-state index contributed by atoms with van der Waals surface area (Å²) in [6, 6.07) is 18.6. The van der Waals surface area contributed by atoms with Crippen molar-refractivity contribution >= 4 is 45.9 Å². The lowest BCUT2D eigenvalue weighted by Gasteiger charge is -2.09. The van der Waals surface area contributed by atoms with Gasteiger partial charge in [0.2, 0.25) is 5.95 Å². The number of nitrogen functional groups attached to an aromatic ring is 1. The van der Waals surface area contributed by atoms with Crippen LogP contribution in [0.2, 0.25) is 0 Å². The van der Waals surface area contributed by atoms with Crippen molar-refractivity contribution in [3.05, 3.63) is 83.6 Å². The number of aldehydes is 1. The van der Waals surface area contributed by atoms with Crippen molar-refractivity contribution in [2.24, 2.45) is 0 Å². The minimum Gasteiger partial charge on any atom is -0.397 e. The van der Waals surface area contributed by atoms with E-state index in [0.29, 0.717) is 36.0 Å². The summed E-state index contributed by atoms with van der Waals surface area (Å²) in [4.78, 5) is 34.0. The van der Waals surface area contributed by atoms with Gasteiger partial charge in [0, 0.05) is 25.4 Å². The van der Waals surface area contributed by atoms with E-state index in [2.05, 4.69) is 38.9 Å². The molecule has 2 aromatic carbocycles. The summed E-state index contributed by atoms with van der Waals surface area (Å²) in [5.74, 6) is 0.355. The van der Waals surface area contributed by atoms with Crippen LogP contribution in [0, 0.1) is 6.92 Å². The zero-order valence-electron chi connectivity index (χ0n) is 22.0. The molecule has 0 aliphatic rings. The minimum atomic E-state index is -0.203. The van der Waals surface area contributed by atoms with Crippen LogP contribution in [-0.4, -0.2) is 54.7 Å². The molecule has 2 aromatic heterocycles. The Hall–Kier alpha value is -4.28. The molecule has 9 nitrogen and oxygen atoms in total. The molecule has 38 heavy (non-hydrogen) atoms. The third kappa shape index (κ3) is 8.12. The SMILES string of the molecule is CN(C)CC=O.CNc1cc(C)c(-c2ccnc(NCc3ccc(C(=O)Nc4ccccc4N)cc3)n2)s1. The maximum absolute atomic E-state index is 12.5. The minimum absolute atomic E-state index is 0.203. The van der Waals surface area contributed by atoms with Crippen molar-refractivity contribution in [1.82, 2.24) is 14.9 Å². The molecule has 5 N–H and O–H groups in total. The molecule has 4 rings (SSSR count). The number of carbonyl (C=O) groups excluding carboxylic acids is 2. The smallest absolute Gasteiger partial charge is 0.255 e. The van der Waals surface area contributed by atoms with Gasteiger partial charge in [-0.3, -0.25) is 4.79 Å². The monoisotopic (exact) mass is 531 g/mol. The molecule has 4 aromatic rings. The molecule has 2 heterocycles. The number of amides is 1. The molecular weight excluding hydrogens is 498 g/mol. The molecule has 0 bridgehead atoms. The summed E-state index contributed by atoms with van der Waals surface area (Å²) in [7, 11) is 5.62. The first kappa shape index (κ1) is 28.3. The average Bonchev–Trinajstić information content (AvgIpc) is 3.30. The lowest BCUT2D eigenvalue weighted by molar-refractivity contribution is -0.108. The number of anilines is 4. The van der Waals surface area contributed by atoms with Crippen molar-refractivity contribution < 1.29 is 9.59 Å². The van der Waals surface area contributed by atoms with Crippen LogP contribution in [0.4, 0.5) is 22.3 Å². The van der Waals surface area contributed by atoms with E-state index in [1.165, 1.54) is 5.56 Å². The Morgan fingerprint density at radius 2 is 1.84 bits per heavy atom. The van der Waals surface area contributed by atoms with Gasteiger partial charge in [-0.15, -0.1) is 11.3 Å². The van der Waals surface area contributed by atoms with Gasteiger partial charge in [-0.1, -0.05) is 24.3 Å². The highest BCUT2D eigenvalue weighted by Gasteiger charge is 2.11. The van der Waals surface area contributed by atoms with Gasteiger partial charge in [-0.05, 0) is 68.5 Å².